The van der Waals surface area contributed by atoms with Gasteiger partial charge >= 0.3 is 33.6 Å². The van der Waals surface area contributed by atoms with Crippen LogP contribution in [-0.2, 0) is 55.8 Å². The van der Waals surface area contributed by atoms with Crippen molar-refractivity contribution in [3.63, 3.8) is 0 Å². The molecule has 0 aliphatic heterocycles. The predicted octanol–water partition coefficient (Wildman–Crippen LogP) is 21.4. The zero-order valence-corrected chi connectivity index (χ0v) is 61.6. The second-order valence-corrected chi connectivity index (χ2v) is 28.0. The molecule has 0 heterocycles. The first-order valence-corrected chi connectivity index (χ1v) is 40.5. The molecule has 0 amide bonds. The van der Waals surface area contributed by atoms with Gasteiger partial charge in [-0.1, -0.05) is 291 Å². The van der Waals surface area contributed by atoms with Crippen LogP contribution in [-0.4, -0.2) is 95.9 Å². The Balaban J connectivity index is 4.43. The summed E-state index contributed by atoms with van der Waals surface area (Å²) in [5.74, 6) is -1.58. The summed E-state index contributed by atoms with van der Waals surface area (Å²) in [6, 6.07) is 0. The fourth-order valence-electron chi connectivity index (χ4n) is 10.1. The van der Waals surface area contributed by atoms with Gasteiger partial charge < -0.3 is 34.2 Å². The van der Waals surface area contributed by atoms with E-state index in [-0.39, 0.29) is 19.3 Å². The molecule has 0 rings (SSSR count). The highest BCUT2D eigenvalue weighted by molar-refractivity contribution is 7.47. The average molecular weight is 1380 g/mol. The Morgan fingerprint density at radius 2 is 0.558 bits per heavy atom. The van der Waals surface area contributed by atoms with Crippen LogP contribution in [0, 0.1) is 0 Å². The zero-order valence-electron chi connectivity index (χ0n) is 59.8. The normalized spacial score (nSPS) is 14.6. The third-order valence-corrected chi connectivity index (χ3v) is 17.7. The quantitative estimate of drug-likeness (QED) is 0.0146. The molecule has 0 spiro atoms. The molecular weight excluding hydrogens is 1240 g/mol. The Kier molecular flexibility index (Phi) is 67.7. The zero-order chi connectivity index (χ0) is 69.5. The largest absolute Gasteiger partial charge is 0.472 e. The van der Waals surface area contributed by atoms with Crippen LogP contribution >= 0.6 is 15.6 Å². The van der Waals surface area contributed by atoms with E-state index in [1.807, 2.05) is 0 Å². The summed E-state index contributed by atoms with van der Waals surface area (Å²) < 4.78 is 61.0. The van der Waals surface area contributed by atoms with E-state index < -0.39 is 91.5 Å². The van der Waals surface area contributed by atoms with Crippen molar-refractivity contribution in [2.75, 3.05) is 39.6 Å². The van der Waals surface area contributed by atoms with E-state index in [4.69, 9.17) is 32.3 Å². The number of phosphoric ester groups is 2. The standard InChI is InChI=1S/C77H136O16P2/c1-4-7-10-13-16-19-22-24-26-28-30-31-32-33-34-35-36-37-38-39-41-43-44-46-49-51-54-57-60-63-75(80)87-66-72(78)67-89-94(83,84)90-68-73(79)69-91-95(85,86)92-71-74(93-77(82)65-62-59-56-53-48-21-18-15-12-9-6-3)70-88-76(81)64-61-58-55-52-50-47-45-42-40-29-27-25-23-20-17-14-11-8-5-2/h8,11,16-17,19-20,24-27,30-31,33-34,40,42,72-74,78-79H,4-7,9-10,12-15,18,21-23,28-29,32,35-39,41,43-71H2,1-3H3,(H,83,84)(H,85,86)/b11-8-,19-16-,20-17-,26-24-,27-25-,31-30-,34-33-,42-40-. The van der Waals surface area contributed by atoms with E-state index in [2.05, 4.69) is 118 Å². The van der Waals surface area contributed by atoms with Crippen LogP contribution in [0.1, 0.15) is 316 Å². The van der Waals surface area contributed by atoms with Gasteiger partial charge in [-0.15, -0.1) is 0 Å². The molecule has 95 heavy (non-hydrogen) atoms. The molecule has 18 heteroatoms. The van der Waals surface area contributed by atoms with Crippen LogP contribution in [0.5, 0.6) is 0 Å². The van der Waals surface area contributed by atoms with Crippen molar-refractivity contribution < 1.29 is 75.8 Å². The van der Waals surface area contributed by atoms with Gasteiger partial charge in [-0.25, -0.2) is 9.13 Å². The Bertz CT molecular complexity index is 2120. The molecule has 0 bridgehead atoms. The molecule has 0 aromatic carbocycles. The highest BCUT2D eigenvalue weighted by Crippen LogP contribution is 2.45. The van der Waals surface area contributed by atoms with Gasteiger partial charge in [-0.3, -0.25) is 32.5 Å². The fourth-order valence-corrected chi connectivity index (χ4v) is 11.7. The average Bonchev–Trinajstić information content (AvgIpc) is 2.86. The minimum Gasteiger partial charge on any atom is -0.463 e. The molecule has 5 unspecified atom stereocenters. The van der Waals surface area contributed by atoms with Gasteiger partial charge in [0.2, 0.25) is 0 Å². The lowest BCUT2D eigenvalue weighted by molar-refractivity contribution is -0.161. The lowest BCUT2D eigenvalue weighted by Crippen LogP contribution is -2.30. The number of unbranched alkanes of at least 4 members (excludes halogenated alkanes) is 32. The van der Waals surface area contributed by atoms with Crippen molar-refractivity contribution in [3.05, 3.63) is 97.2 Å². The van der Waals surface area contributed by atoms with Crippen LogP contribution in [0.15, 0.2) is 97.2 Å². The topological polar surface area (TPSA) is 231 Å². The number of phosphoric acid groups is 2. The maximum Gasteiger partial charge on any atom is 0.472 e. The molecule has 16 nitrogen and oxygen atoms in total. The number of carbonyl (C=O) groups is 3. The number of carbonyl (C=O) groups excluding carboxylic acids is 3. The highest BCUT2D eigenvalue weighted by Gasteiger charge is 2.29. The third-order valence-electron chi connectivity index (χ3n) is 15.8. The molecule has 0 aliphatic rings. The molecule has 0 aromatic heterocycles. The molecule has 4 N–H and O–H groups in total. The van der Waals surface area contributed by atoms with Crippen molar-refractivity contribution in [1.29, 1.82) is 0 Å². The Labute approximate surface area is 578 Å². The number of aliphatic hydroxyl groups is 2. The summed E-state index contributed by atoms with van der Waals surface area (Å²) in [4.78, 5) is 58.4. The maximum absolute atomic E-state index is 12.9. The first-order chi connectivity index (χ1) is 46.2. The first kappa shape index (κ1) is 91.5. The van der Waals surface area contributed by atoms with E-state index in [0.29, 0.717) is 19.3 Å². The Morgan fingerprint density at radius 3 is 0.905 bits per heavy atom. The van der Waals surface area contributed by atoms with Crippen molar-refractivity contribution in [3.8, 4) is 0 Å². The molecule has 0 radical (unpaired) electrons. The molecule has 0 aromatic rings. The van der Waals surface area contributed by atoms with Gasteiger partial charge in [0.1, 0.15) is 25.4 Å². The summed E-state index contributed by atoms with van der Waals surface area (Å²) >= 11 is 0. The number of rotatable bonds is 71. The second-order valence-electron chi connectivity index (χ2n) is 25.1. The second kappa shape index (κ2) is 70.3. The fraction of sp³-hybridized carbons (Fsp3) is 0.753. The predicted molar refractivity (Wildman–Crippen MR) is 390 cm³/mol. The number of esters is 3. The van der Waals surface area contributed by atoms with Gasteiger partial charge in [-0.05, 0) is 103 Å². The molecule has 0 aliphatic carbocycles. The van der Waals surface area contributed by atoms with Crippen molar-refractivity contribution in [2.45, 2.75) is 334 Å². The number of hydrogen-bond donors (Lipinski definition) is 4. The van der Waals surface area contributed by atoms with Gasteiger partial charge in [0.05, 0.1) is 26.4 Å². The molecule has 0 saturated heterocycles. The third kappa shape index (κ3) is 71.6. The number of allylic oxidation sites excluding steroid dienone is 16. The number of ether oxygens (including phenoxy) is 3. The van der Waals surface area contributed by atoms with Gasteiger partial charge in [-0.2, -0.15) is 0 Å². The minimum absolute atomic E-state index is 0.104. The maximum atomic E-state index is 12.9. The summed E-state index contributed by atoms with van der Waals surface area (Å²) in [6.45, 7) is 2.53. The van der Waals surface area contributed by atoms with Crippen LogP contribution < -0.4 is 0 Å². The van der Waals surface area contributed by atoms with Crippen molar-refractivity contribution >= 4 is 33.6 Å². The van der Waals surface area contributed by atoms with Crippen LogP contribution in [0.3, 0.4) is 0 Å². The molecule has 0 fully saturated rings. The minimum atomic E-state index is -4.92. The number of hydrogen-bond acceptors (Lipinski definition) is 14. The van der Waals surface area contributed by atoms with Crippen LogP contribution in [0.4, 0.5) is 0 Å². The highest BCUT2D eigenvalue weighted by atomic mass is 31.2. The summed E-state index contributed by atoms with van der Waals surface area (Å²) in [6.07, 6.45) is 79.0. The summed E-state index contributed by atoms with van der Waals surface area (Å²) in [5, 5.41) is 20.6. The SMILES string of the molecule is CC/C=C\C/C=C\C/C=C\C/C=C\CCCCCCCCC(=O)OCC(COP(=O)(O)OCC(O)COP(=O)(O)OCC(O)COC(=O)CCCCCCCCCCCCCCC/C=C\C/C=C\C/C=C\C/C=C\CCCCC)OC(=O)CCCCCCCCCCCCC. The van der Waals surface area contributed by atoms with Crippen molar-refractivity contribution in [1.82, 2.24) is 0 Å². The van der Waals surface area contributed by atoms with Crippen LogP contribution in [0.2, 0.25) is 0 Å². The van der Waals surface area contributed by atoms with E-state index in [1.54, 1.807) is 0 Å². The van der Waals surface area contributed by atoms with Gasteiger partial charge in [0.15, 0.2) is 6.10 Å². The van der Waals surface area contributed by atoms with Crippen LogP contribution in [0.25, 0.3) is 0 Å². The van der Waals surface area contributed by atoms with Crippen molar-refractivity contribution in [2.24, 2.45) is 0 Å². The summed E-state index contributed by atoms with van der Waals surface area (Å²) in [5.41, 5.74) is 0. The van der Waals surface area contributed by atoms with E-state index in [0.717, 1.165) is 135 Å². The first-order valence-electron chi connectivity index (χ1n) is 37.5. The molecule has 0 saturated carbocycles. The molecular formula is C77H136O16P2. The lowest BCUT2D eigenvalue weighted by atomic mass is 10.0. The summed E-state index contributed by atoms with van der Waals surface area (Å²) in [7, 11) is -9.77. The van der Waals surface area contributed by atoms with E-state index in [9.17, 15) is 43.5 Å². The lowest BCUT2D eigenvalue weighted by Gasteiger charge is -2.21. The van der Waals surface area contributed by atoms with Gasteiger partial charge in [0, 0.05) is 19.3 Å². The smallest absolute Gasteiger partial charge is 0.463 e. The Morgan fingerprint density at radius 1 is 0.305 bits per heavy atom. The van der Waals surface area contributed by atoms with Gasteiger partial charge in [0.25, 0.3) is 0 Å². The number of aliphatic hydroxyl groups excluding tert-OH is 2. The van der Waals surface area contributed by atoms with E-state index >= 15 is 0 Å². The van der Waals surface area contributed by atoms with E-state index in [1.165, 1.54) is 122 Å². The molecule has 5 atom stereocenters. The Hall–Kier alpha value is -3.53. The molecule has 550 valence electrons. The monoisotopic (exact) mass is 1380 g/mol.